The lowest BCUT2D eigenvalue weighted by Gasteiger charge is -2.33. The van der Waals surface area contributed by atoms with Crippen LogP contribution in [-0.2, 0) is 10.0 Å². The Bertz CT molecular complexity index is 596. The molecule has 0 radical (unpaired) electrons. The van der Waals surface area contributed by atoms with Gasteiger partial charge in [-0.3, -0.25) is 0 Å². The fourth-order valence-electron chi connectivity index (χ4n) is 3.25. The summed E-state index contributed by atoms with van der Waals surface area (Å²) >= 11 is 0. The summed E-state index contributed by atoms with van der Waals surface area (Å²) in [4.78, 5) is 0.255. The van der Waals surface area contributed by atoms with Gasteiger partial charge in [0.05, 0.1) is 4.90 Å². The van der Waals surface area contributed by atoms with Crippen molar-refractivity contribution >= 4 is 10.0 Å². The second kappa shape index (κ2) is 6.05. The van der Waals surface area contributed by atoms with Gasteiger partial charge in [0.15, 0.2) is 0 Å². The first kappa shape index (κ1) is 16.4. The molecule has 3 nitrogen and oxygen atoms in total. The van der Waals surface area contributed by atoms with Crippen molar-refractivity contribution in [3.8, 4) is 0 Å². The SMILES string of the molecule is Cc1cc(F)cc(C)c1S(=O)(=O)N(C)C1CCC(C)CC1. The molecule has 0 atom stereocenters. The summed E-state index contributed by atoms with van der Waals surface area (Å²) in [6.07, 6.45) is 3.92. The van der Waals surface area contributed by atoms with Gasteiger partial charge in [0.1, 0.15) is 5.82 Å². The topological polar surface area (TPSA) is 37.4 Å². The van der Waals surface area contributed by atoms with Crippen LogP contribution in [-0.4, -0.2) is 25.8 Å². The molecule has 0 unspecified atom stereocenters. The standard InChI is InChI=1S/C16H24FNO2S/c1-11-5-7-15(8-6-11)18(4)21(19,20)16-12(2)9-14(17)10-13(16)3/h9-11,15H,5-8H2,1-4H3. The van der Waals surface area contributed by atoms with Crippen molar-refractivity contribution in [3.05, 3.63) is 29.1 Å². The highest BCUT2D eigenvalue weighted by atomic mass is 32.2. The van der Waals surface area contributed by atoms with Gasteiger partial charge in [0.25, 0.3) is 0 Å². The zero-order valence-corrected chi connectivity index (χ0v) is 14.0. The zero-order valence-electron chi connectivity index (χ0n) is 13.2. The maximum atomic E-state index is 13.4. The molecule has 0 amide bonds. The molecule has 0 N–H and O–H groups in total. The van der Waals surface area contributed by atoms with Crippen LogP contribution in [0.15, 0.2) is 17.0 Å². The Labute approximate surface area is 127 Å². The highest BCUT2D eigenvalue weighted by Gasteiger charge is 2.32. The quantitative estimate of drug-likeness (QED) is 0.854. The normalized spacial score (nSPS) is 23.5. The molecule has 1 aromatic rings. The summed E-state index contributed by atoms with van der Waals surface area (Å²) in [5.41, 5.74) is 0.951. The van der Waals surface area contributed by atoms with Crippen molar-refractivity contribution in [1.29, 1.82) is 0 Å². The fraction of sp³-hybridized carbons (Fsp3) is 0.625. The van der Waals surface area contributed by atoms with E-state index in [0.717, 1.165) is 25.7 Å². The minimum atomic E-state index is -3.57. The second-order valence-corrected chi connectivity index (χ2v) is 8.24. The monoisotopic (exact) mass is 313 g/mol. The van der Waals surface area contributed by atoms with Gasteiger partial charge in [-0.25, -0.2) is 12.8 Å². The molecule has 118 valence electrons. The molecule has 1 fully saturated rings. The van der Waals surface area contributed by atoms with Gasteiger partial charge in [-0.15, -0.1) is 0 Å². The zero-order chi connectivity index (χ0) is 15.8. The summed E-state index contributed by atoms with van der Waals surface area (Å²) in [6, 6.07) is 2.63. The number of aryl methyl sites for hydroxylation is 2. The number of rotatable bonds is 3. The number of benzene rings is 1. The number of halogens is 1. The van der Waals surface area contributed by atoms with E-state index in [1.54, 1.807) is 20.9 Å². The van der Waals surface area contributed by atoms with E-state index in [1.807, 2.05) is 0 Å². The minimum absolute atomic E-state index is 0.0510. The van der Waals surface area contributed by atoms with E-state index in [1.165, 1.54) is 16.4 Å². The van der Waals surface area contributed by atoms with Gasteiger partial charge in [0.2, 0.25) is 10.0 Å². The molecule has 1 aliphatic carbocycles. The van der Waals surface area contributed by atoms with Crippen molar-refractivity contribution < 1.29 is 12.8 Å². The van der Waals surface area contributed by atoms with Crippen LogP contribution in [0.4, 0.5) is 4.39 Å². The van der Waals surface area contributed by atoms with Gasteiger partial charge in [-0.2, -0.15) is 4.31 Å². The van der Waals surface area contributed by atoms with Crippen molar-refractivity contribution in [2.24, 2.45) is 5.92 Å². The largest absolute Gasteiger partial charge is 0.243 e. The van der Waals surface area contributed by atoms with Crippen LogP contribution in [0.3, 0.4) is 0 Å². The molecule has 0 heterocycles. The molecule has 0 spiro atoms. The minimum Gasteiger partial charge on any atom is -0.207 e. The van der Waals surface area contributed by atoms with Gasteiger partial charge in [-0.05, 0) is 68.7 Å². The number of hydrogen-bond donors (Lipinski definition) is 0. The van der Waals surface area contributed by atoms with E-state index in [0.29, 0.717) is 17.0 Å². The summed E-state index contributed by atoms with van der Waals surface area (Å²) in [5, 5.41) is 0. The molecule has 1 aliphatic rings. The van der Waals surface area contributed by atoms with Crippen molar-refractivity contribution in [3.63, 3.8) is 0 Å². The van der Waals surface area contributed by atoms with Crippen LogP contribution < -0.4 is 0 Å². The van der Waals surface area contributed by atoms with E-state index in [9.17, 15) is 12.8 Å². The lowest BCUT2D eigenvalue weighted by atomic mass is 9.87. The van der Waals surface area contributed by atoms with E-state index in [-0.39, 0.29) is 10.9 Å². The van der Waals surface area contributed by atoms with Crippen LogP contribution in [0.2, 0.25) is 0 Å². The molecule has 0 saturated heterocycles. The lowest BCUT2D eigenvalue weighted by molar-refractivity contribution is 0.246. The van der Waals surface area contributed by atoms with Crippen LogP contribution >= 0.6 is 0 Å². The highest BCUT2D eigenvalue weighted by Crippen LogP contribution is 2.31. The molecular formula is C16H24FNO2S. The molecule has 2 rings (SSSR count). The maximum Gasteiger partial charge on any atom is 0.243 e. The molecular weight excluding hydrogens is 289 g/mol. The molecule has 5 heteroatoms. The first-order chi connectivity index (χ1) is 9.73. The Morgan fingerprint density at radius 2 is 1.57 bits per heavy atom. The summed E-state index contributed by atoms with van der Waals surface area (Å²) in [6.45, 7) is 5.51. The van der Waals surface area contributed by atoms with E-state index >= 15 is 0 Å². The Morgan fingerprint density at radius 1 is 1.10 bits per heavy atom. The van der Waals surface area contributed by atoms with E-state index in [4.69, 9.17) is 0 Å². The van der Waals surface area contributed by atoms with Crippen LogP contribution in [0.1, 0.15) is 43.7 Å². The third-order valence-corrected chi connectivity index (χ3v) is 6.78. The molecule has 1 aromatic carbocycles. The third-order valence-electron chi connectivity index (χ3n) is 4.56. The third kappa shape index (κ3) is 3.29. The first-order valence-corrected chi connectivity index (χ1v) is 8.92. The summed E-state index contributed by atoms with van der Waals surface area (Å²) < 4.78 is 40.6. The average molecular weight is 313 g/mol. The van der Waals surface area contributed by atoms with Crippen LogP contribution in [0.25, 0.3) is 0 Å². The van der Waals surface area contributed by atoms with Gasteiger partial charge >= 0.3 is 0 Å². The van der Waals surface area contributed by atoms with Crippen molar-refractivity contribution in [2.75, 3.05) is 7.05 Å². The predicted octanol–water partition coefficient (Wildman–Crippen LogP) is 3.64. The van der Waals surface area contributed by atoms with Gasteiger partial charge in [-0.1, -0.05) is 6.92 Å². The van der Waals surface area contributed by atoms with E-state index < -0.39 is 15.8 Å². The second-order valence-electron chi connectivity index (χ2n) is 6.30. The van der Waals surface area contributed by atoms with Crippen LogP contribution in [0, 0.1) is 25.6 Å². The van der Waals surface area contributed by atoms with Crippen LogP contribution in [0.5, 0.6) is 0 Å². The summed E-state index contributed by atoms with van der Waals surface area (Å²) in [7, 11) is -1.92. The Kier molecular flexibility index (Phi) is 4.73. The number of hydrogen-bond acceptors (Lipinski definition) is 2. The molecule has 0 bridgehead atoms. The predicted molar refractivity (Wildman–Crippen MR) is 82.2 cm³/mol. The molecule has 1 saturated carbocycles. The number of nitrogens with zero attached hydrogens (tertiary/aromatic N) is 1. The fourth-order valence-corrected chi connectivity index (χ4v) is 5.07. The summed E-state index contributed by atoms with van der Waals surface area (Å²) in [5.74, 6) is 0.282. The van der Waals surface area contributed by atoms with Crippen molar-refractivity contribution in [1.82, 2.24) is 4.31 Å². The van der Waals surface area contributed by atoms with Gasteiger partial charge < -0.3 is 0 Å². The smallest absolute Gasteiger partial charge is 0.207 e. The lowest BCUT2D eigenvalue weighted by Crippen LogP contribution is -2.39. The Balaban J connectivity index is 2.34. The average Bonchev–Trinajstić information content (AvgIpc) is 2.37. The number of sulfonamides is 1. The first-order valence-electron chi connectivity index (χ1n) is 7.48. The highest BCUT2D eigenvalue weighted by molar-refractivity contribution is 7.89. The molecule has 0 aliphatic heterocycles. The van der Waals surface area contributed by atoms with Crippen molar-refractivity contribution in [2.45, 2.75) is 57.4 Å². The molecule has 21 heavy (non-hydrogen) atoms. The Morgan fingerprint density at radius 3 is 2.05 bits per heavy atom. The maximum absolute atomic E-state index is 13.4. The molecule has 0 aromatic heterocycles. The van der Waals surface area contributed by atoms with E-state index in [2.05, 4.69) is 6.92 Å². The Hall–Kier alpha value is -0.940. The van der Waals surface area contributed by atoms with Gasteiger partial charge in [0, 0.05) is 13.1 Å².